The highest BCUT2D eigenvalue weighted by Crippen LogP contribution is 2.65. The molecule has 0 saturated heterocycles. The van der Waals surface area contributed by atoms with E-state index in [4.69, 9.17) is 4.11 Å². The molecule has 0 unspecified atom stereocenters. The third kappa shape index (κ3) is 1.67. The predicted molar refractivity (Wildman–Crippen MR) is 86.2 cm³/mol. The fraction of sp³-hybridized carbons (Fsp3) is 0.700. The summed E-state index contributed by atoms with van der Waals surface area (Å²) in [7, 11) is 0. The standard InChI is InChI=1S/C20H26O2/c1-12-10-14-15-4-5-18(22)20(15,3)9-7-16(14)19(2)8-6-13(21)11-17(12)19/h11,14-16H,1,4-10H2,2-3H3/t14-,15-,16-,19+,20-/m0/s1/i2D3. The van der Waals surface area contributed by atoms with Crippen molar-refractivity contribution in [2.45, 2.75) is 58.7 Å². The second-order valence-electron chi connectivity index (χ2n) is 8.10. The average Bonchev–Trinajstić information content (AvgIpc) is 2.82. The molecule has 0 bridgehead atoms. The van der Waals surface area contributed by atoms with Crippen LogP contribution in [0.4, 0.5) is 0 Å². The number of carbonyl (C=O) groups excluding carboxylic acids is 2. The summed E-state index contributed by atoms with van der Waals surface area (Å²) in [6, 6.07) is 0. The third-order valence-corrected chi connectivity index (χ3v) is 7.19. The molecule has 4 aliphatic rings. The van der Waals surface area contributed by atoms with Crippen molar-refractivity contribution in [2.75, 3.05) is 0 Å². The van der Waals surface area contributed by atoms with Gasteiger partial charge in [-0.15, -0.1) is 0 Å². The zero-order chi connectivity index (χ0) is 18.2. The van der Waals surface area contributed by atoms with E-state index in [0.29, 0.717) is 30.6 Å². The van der Waals surface area contributed by atoms with Crippen molar-refractivity contribution in [2.24, 2.45) is 28.6 Å². The monoisotopic (exact) mass is 301 g/mol. The smallest absolute Gasteiger partial charge is 0.156 e. The summed E-state index contributed by atoms with van der Waals surface area (Å²) in [6.45, 7) is 4.12. The van der Waals surface area contributed by atoms with E-state index < -0.39 is 12.3 Å². The molecule has 4 rings (SSSR count). The topological polar surface area (TPSA) is 34.1 Å². The Hall–Kier alpha value is -1.18. The van der Waals surface area contributed by atoms with E-state index in [2.05, 4.69) is 13.5 Å². The SMILES string of the molecule is [2H]C([2H])([2H])[C@]12CCC(=O)C=C1C(=C)C[C@H]1[C@@H]3CCC(=O)[C@@]3(C)CC[C@@H]12. The minimum atomic E-state index is -2.15. The summed E-state index contributed by atoms with van der Waals surface area (Å²) >= 11 is 0. The van der Waals surface area contributed by atoms with Crippen molar-refractivity contribution in [3.63, 3.8) is 0 Å². The van der Waals surface area contributed by atoms with E-state index in [0.717, 1.165) is 31.3 Å². The van der Waals surface area contributed by atoms with Crippen LogP contribution < -0.4 is 0 Å². The van der Waals surface area contributed by atoms with Crippen LogP contribution in [0.5, 0.6) is 0 Å². The lowest BCUT2D eigenvalue weighted by atomic mass is 9.47. The van der Waals surface area contributed by atoms with Crippen LogP contribution in [-0.4, -0.2) is 11.6 Å². The normalized spacial score (nSPS) is 50.2. The Morgan fingerprint density at radius 3 is 2.73 bits per heavy atom. The molecular formula is C20H26O2. The Morgan fingerprint density at radius 1 is 1.18 bits per heavy atom. The molecule has 2 nitrogen and oxygen atoms in total. The first-order valence-electron chi connectivity index (χ1n) is 10.1. The van der Waals surface area contributed by atoms with Crippen LogP contribution in [0.25, 0.3) is 0 Å². The number of carbonyl (C=O) groups is 2. The number of hydrogen-bond donors (Lipinski definition) is 0. The fourth-order valence-corrected chi connectivity index (χ4v) is 5.97. The van der Waals surface area contributed by atoms with Crippen LogP contribution in [0.15, 0.2) is 23.8 Å². The van der Waals surface area contributed by atoms with Crippen LogP contribution in [0.3, 0.4) is 0 Å². The Bertz CT molecular complexity index is 704. The lowest BCUT2D eigenvalue weighted by molar-refractivity contribution is -0.132. The molecule has 0 aliphatic heterocycles. The molecule has 0 amide bonds. The summed E-state index contributed by atoms with van der Waals surface area (Å²) in [6.07, 6.45) is 6.05. The van der Waals surface area contributed by atoms with Crippen molar-refractivity contribution in [1.29, 1.82) is 0 Å². The van der Waals surface area contributed by atoms with Gasteiger partial charge in [0.1, 0.15) is 5.78 Å². The molecule has 118 valence electrons. The molecule has 2 heteroatoms. The first-order valence-corrected chi connectivity index (χ1v) is 8.58. The molecule has 0 aromatic heterocycles. The number of allylic oxidation sites excluding steroid dienone is 2. The van der Waals surface area contributed by atoms with Gasteiger partial charge in [0.2, 0.25) is 0 Å². The summed E-state index contributed by atoms with van der Waals surface area (Å²) in [5.41, 5.74) is 0.267. The largest absolute Gasteiger partial charge is 0.299 e. The van der Waals surface area contributed by atoms with Crippen molar-refractivity contribution in [3.05, 3.63) is 23.8 Å². The number of hydrogen-bond acceptors (Lipinski definition) is 2. The van der Waals surface area contributed by atoms with Crippen LogP contribution in [0.2, 0.25) is 0 Å². The minimum absolute atomic E-state index is 0.0196. The van der Waals surface area contributed by atoms with Gasteiger partial charge in [0.15, 0.2) is 5.78 Å². The first-order chi connectivity index (χ1) is 11.6. The highest BCUT2D eigenvalue weighted by Gasteiger charge is 2.59. The Balaban J connectivity index is 1.85. The number of ketones is 2. The molecule has 3 saturated carbocycles. The van der Waals surface area contributed by atoms with Crippen molar-refractivity contribution < 1.29 is 13.7 Å². The molecule has 5 atom stereocenters. The van der Waals surface area contributed by atoms with Crippen molar-refractivity contribution >= 4 is 11.6 Å². The number of rotatable bonds is 0. The zero-order valence-corrected chi connectivity index (χ0v) is 13.3. The highest BCUT2D eigenvalue weighted by atomic mass is 16.1. The Labute approximate surface area is 137 Å². The van der Waals surface area contributed by atoms with Crippen molar-refractivity contribution in [3.8, 4) is 0 Å². The minimum Gasteiger partial charge on any atom is -0.299 e. The molecule has 0 spiro atoms. The van der Waals surface area contributed by atoms with Crippen LogP contribution in [-0.2, 0) is 9.59 Å². The predicted octanol–water partition coefficient (Wildman–Crippen LogP) is 4.25. The molecular weight excluding hydrogens is 272 g/mol. The zero-order valence-electron chi connectivity index (χ0n) is 16.3. The maximum atomic E-state index is 12.5. The van der Waals surface area contributed by atoms with Gasteiger partial charge in [-0.1, -0.05) is 25.9 Å². The quantitative estimate of drug-likeness (QED) is 0.670. The number of fused-ring (bicyclic) bond motifs is 5. The maximum absolute atomic E-state index is 12.5. The van der Waals surface area contributed by atoms with E-state index >= 15 is 0 Å². The molecule has 0 heterocycles. The molecule has 0 aromatic carbocycles. The summed E-state index contributed by atoms with van der Waals surface area (Å²) < 4.78 is 25.1. The molecule has 0 N–H and O–H groups in total. The lowest BCUT2D eigenvalue weighted by Crippen LogP contribution is -2.51. The van der Waals surface area contributed by atoms with Gasteiger partial charge in [0.05, 0.1) is 0 Å². The van der Waals surface area contributed by atoms with E-state index in [1.807, 2.05) is 0 Å². The summed E-state index contributed by atoms with van der Waals surface area (Å²) in [4.78, 5) is 24.5. The van der Waals surface area contributed by atoms with Gasteiger partial charge in [0, 0.05) is 22.4 Å². The van der Waals surface area contributed by atoms with Gasteiger partial charge >= 0.3 is 0 Å². The van der Waals surface area contributed by atoms with Gasteiger partial charge in [-0.25, -0.2) is 0 Å². The van der Waals surface area contributed by atoms with Crippen molar-refractivity contribution in [1.82, 2.24) is 0 Å². The second kappa shape index (κ2) is 4.43. The van der Waals surface area contributed by atoms with Crippen LogP contribution in [0, 0.1) is 28.6 Å². The molecule has 4 aliphatic carbocycles. The van der Waals surface area contributed by atoms with Gasteiger partial charge in [0.25, 0.3) is 0 Å². The lowest BCUT2D eigenvalue weighted by Gasteiger charge is -2.57. The van der Waals surface area contributed by atoms with Crippen LogP contribution in [0.1, 0.15) is 62.8 Å². The summed E-state index contributed by atoms with van der Waals surface area (Å²) in [5, 5.41) is 0. The average molecular weight is 301 g/mol. The first kappa shape index (κ1) is 11.4. The summed E-state index contributed by atoms with van der Waals surface area (Å²) in [5.74, 6) is 0.849. The molecule has 0 radical (unpaired) electrons. The van der Waals surface area contributed by atoms with Gasteiger partial charge in [-0.05, 0) is 66.9 Å². The molecule has 22 heavy (non-hydrogen) atoms. The van der Waals surface area contributed by atoms with E-state index in [1.54, 1.807) is 6.08 Å². The molecule has 3 fully saturated rings. The second-order valence-corrected chi connectivity index (χ2v) is 8.10. The highest BCUT2D eigenvalue weighted by molar-refractivity contribution is 5.92. The van der Waals surface area contributed by atoms with E-state index in [-0.39, 0.29) is 29.0 Å². The van der Waals surface area contributed by atoms with Gasteiger partial charge < -0.3 is 0 Å². The van der Waals surface area contributed by atoms with Gasteiger partial charge in [-0.2, -0.15) is 0 Å². The molecule has 0 aromatic rings. The maximum Gasteiger partial charge on any atom is 0.156 e. The Morgan fingerprint density at radius 2 is 1.95 bits per heavy atom. The third-order valence-electron chi connectivity index (χ3n) is 7.19. The number of Topliss-reactive ketones (excluding diaryl/α,β-unsaturated/α-hetero) is 1. The Kier molecular flexibility index (Phi) is 2.29. The van der Waals surface area contributed by atoms with E-state index in [9.17, 15) is 9.59 Å². The van der Waals surface area contributed by atoms with Gasteiger partial charge in [-0.3, -0.25) is 9.59 Å². The van der Waals surface area contributed by atoms with E-state index in [1.165, 1.54) is 0 Å². The fourth-order valence-electron chi connectivity index (χ4n) is 5.97. The van der Waals surface area contributed by atoms with Crippen LogP contribution >= 0.6 is 0 Å².